The summed E-state index contributed by atoms with van der Waals surface area (Å²) in [4.78, 5) is 4.23. The minimum Gasteiger partial charge on any atom is -0.306 e. The minimum atomic E-state index is 0.822. The van der Waals surface area contributed by atoms with Crippen LogP contribution in [0.25, 0.3) is 16.9 Å². The van der Waals surface area contributed by atoms with Gasteiger partial charge in [0.2, 0.25) is 0 Å². The van der Waals surface area contributed by atoms with E-state index >= 15 is 0 Å². The molecular weight excluding hydrogens is 200 g/mol. The van der Waals surface area contributed by atoms with Gasteiger partial charge in [-0.1, -0.05) is 0 Å². The van der Waals surface area contributed by atoms with Crippen LogP contribution in [0.15, 0.2) is 24.8 Å². The van der Waals surface area contributed by atoms with Crippen molar-refractivity contribution in [2.45, 2.75) is 13.8 Å². The predicted octanol–water partition coefficient (Wildman–Crippen LogP) is 2.14. The Morgan fingerprint density at radius 3 is 2.94 bits per heavy atom. The maximum absolute atomic E-state index is 4.24. The molecule has 0 saturated heterocycles. The van der Waals surface area contributed by atoms with Crippen LogP contribution in [0.3, 0.4) is 0 Å². The molecule has 79 valence electrons. The van der Waals surface area contributed by atoms with E-state index in [1.807, 2.05) is 29.9 Å². The van der Waals surface area contributed by atoms with E-state index in [1.54, 1.807) is 6.20 Å². The summed E-state index contributed by atoms with van der Waals surface area (Å²) in [7, 11) is 0. The van der Waals surface area contributed by atoms with Gasteiger partial charge in [0, 0.05) is 36.4 Å². The van der Waals surface area contributed by atoms with Gasteiger partial charge >= 0.3 is 0 Å². The topological polar surface area (TPSA) is 46.0 Å². The van der Waals surface area contributed by atoms with Crippen LogP contribution in [0.5, 0.6) is 0 Å². The van der Waals surface area contributed by atoms with Gasteiger partial charge in [0.25, 0.3) is 0 Å². The lowest BCUT2D eigenvalue weighted by molar-refractivity contribution is 1.09. The molecule has 0 spiro atoms. The molecule has 0 aliphatic heterocycles. The minimum absolute atomic E-state index is 0.822. The fraction of sp³-hybridized carbons (Fsp3) is 0.167. The van der Waals surface area contributed by atoms with E-state index in [1.165, 1.54) is 0 Å². The summed E-state index contributed by atoms with van der Waals surface area (Å²) in [5.41, 5.74) is 5.04. The zero-order valence-electron chi connectivity index (χ0n) is 9.15. The lowest BCUT2D eigenvalue weighted by atomic mass is 10.1. The van der Waals surface area contributed by atoms with Crippen molar-refractivity contribution >= 4 is 5.65 Å². The number of imidazole rings is 1. The van der Waals surface area contributed by atoms with E-state index in [0.717, 1.165) is 28.0 Å². The predicted molar refractivity (Wildman–Crippen MR) is 61.1 cm³/mol. The zero-order valence-corrected chi connectivity index (χ0v) is 9.15. The number of H-pyrrole nitrogens is 1. The Hall–Kier alpha value is -2.10. The number of nitrogens with one attached hydrogen (secondary N) is 1. The van der Waals surface area contributed by atoms with E-state index < -0.39 is 0 Å². The highest BCUT2D eigenvalue weighted by molar-refractivity contribution is 5.68. The van der Waals surface area contributed by atoms with Gasteiger partial charge in [-0.2, -0.15) is 5.10 Å². The summed E-state index contributed by atoms with van der Waals surface area (Å²) >= 11 is 0. The molecule has 0 bridgehead atoms. The van der Waals surface area contributed by atoms with E-state index in [9.17, 15) is 0 Å². The van der Waals surface area contributed by atoms with Gasteiger partial charge in [-0.25, -0.2) is 4.98 Å². The van der Waals surface area contributed by atoms with Gasteiger partial charge < -0.3 is 4.40 Å². The molecule has 1 N–H and O–H groups in total. The Morgan fingerprint density at radius 1 is 1.31 bits per heavy atom. The number of hydrogen-bond acceptors (Lipinski definition) is 2. The number of pyridine rings is 1. The quantitative estimate of drug-likeness (QED) is 0.670. The number of aryl methyl sites for hydroxylation is 2. The van der Waals surface area contributed by atoms with Gasteiger partial charge in [0.15, 0.2) is 0 Å². The SMILES string of the molecule is Cc1cn2ccnc2[c]c1-c1n[nH]cc1C. The van der Waals surface area contributed by atoms with Crippen molar-refractivity contribution in [1.82, 2.24) is 19.6 Å². The highest BCUT2D eigenvalue weighted by Gasteiger charge is 2.10. The lowest BCUT2D eigenvalue weighted by Crippen LogP contribution is -1.92. The molecule has 3 heterocycles. The van der Waals surface area contributed by atoms with Crippen LogP contribution >= 0.6 is 0 Å². The summed E-state index contributed by atoms with van der Waals surface area (Å²) < 4.78 is 1.96. The molecule has 0 atom stereocenters. The van der Waals surface area contributed by atoms with Crippen LogP contribution in [0.1, 0.15) is 11.1 Å². The average molecular weight is 211 g/mol. The first-order chi connectivity index (χ1) is 7.75. The Morgan fingerprint density at radius 2 is 2.19 bits per heavy atom. The Labute approximate surface area is 93.0 Å². The van der Waals surface area contributed by atoms with Crippen LogP contribution < -0.4 is 0 Å². The highest BCUT2D eigenvalue weighted by Crippen LogP contribution is 2.24. The first kappa shape index (κ1) is 9.15. The van der Waals surface area contributed by atoms with E-state index in [0.29, 0.717) is 0 Å². The van der Waals surface area contributed by atoms with Crippen molar-refractivity contribution in [3.05, 3.63) is 42.0 Å². The number of aromatic nitrogens is 4. The van der Waals surface area contributed by atoms with Crippen LogP contribution in [-0.4, -0.2) is 19.6 Å². The summed E-state index contributed by atoms with van der Waals surface area (Å²) in [6.07, 6.45) is 7.62. The largest absolute Gasteiger partial charge is 0.306 e. The average Bonchev–Trinajstić information content (AvgIpc) is 2.85. The lowest BCUT2D eigenvalue weighted by Gasteiger charge is -2.04. The molecule has 0 aliphatic carbocycles. The molecule has 0 amide bonds. The van der Waals surface area contributed by atoms with Crippen LogP contribution in [0.4, 0.5) is 0 Å². The summed E-state index contributed by atoms with van der Waals surface area (Å²) in [6.45, 7) is 4.08. The first-order valence-electron chi connectivity index (χ1n) is 5.12. The standard InChI is InChI=1S/C12H11N4/c1-8-6-14-15-12(8)10-5-11-13-3-4-16(11)7-9(10)2/h3-4,6-7H,1-2H3,(H,14,15). The maximum Gasteiger partial charge on any atom is 0.145 e. The normalized spacial score (nSPS) is 11.1. The van der Waals surface area contributed by atoms with Crippen molar-refractivity contribution in [2.24, 2.45) is 0 Å². The van der Waals surface area contributed by atoms with Crippen molar-refractivity contribution in [3.8, 4) is 11.3 Å². The smallest absolute Gasteiger partial charge is 0.145 e. The molecule has 3 aromatic heterocycles. The number of rotatable bonds is 1. The fourth-order valence-corrected chi connectivity index (χ4v) is 1.85. The molecule has 0 saturated carbocycles. The number of hydrogen-bond donors (Lipinski definition) is 1. The fourth-order valence-electron chi connectivity index (χ4n) is 1.85. The van der Waals surface area contributed by atoms with Crippen LogP contribution in [-0.2, 0) is 0 Å². The summed E-state index contributed by atoms with van der Waals surface area (Å²) in [6, 6.07) is 3.29. The zero-order chi connectivity index (χ0) is 11.1. The first-order valence-corrected chi connectivity index (χ1v) is 5.12. The number of nitrogens with zero attached hydrogens (tertiary/aromatic N) is 3. The molecule has 3 rings (SSSR count). The molecule has 1 radical (unpaired) electrons. The Balaban J connectivity index is 2.30. The number of aromatic amines is 1. The van der Waals surface area contributed by atoms with Crippen LogP contribution in [0, 0.1) is 19.9 Å². The summed E-state index contributed by atoms with van der Waals surface area (Å²) in [5, 5.41) is 7.11. The molecule has 0 fully saturated rings. The third-order valence-corrected chi connectivity index (χ3v) is 2.70. The van der Waals surface area contributed by atoms with E-state index in [2.05, 4.69) is 28.2 Å². The van der Waals surface area contributed by atoms with Gasteiger partial charge in [0.1, 0.15) is 5.65 Å². The second-order valence-electron chi connectivity index (χ2n) is 3.89. The molecule has 0 aliphatic rings. The Bertz CT molecular complexity index is 648. The van der Waals surface area contributed by atoms with Gasteiger partial charge in [-0.05, 0) is 25.0 Å². The number of fused-ring (bicyclic) bond motifs is 1. The van der Waals surface area contributed by atoms with Crippen molar-refractivity contribution in [3.63, 3.8) is 0 Å². The molecule has 4 heteroatoms. The van der Waals surface area contributed by atoms with Crippen molar-refractivity contribution in [1.29, 1.82) is 0 Å². The van der Waals surface area contributed by atoms with Crippen LogP contribution in [0.2, 0.25) is 0 Å². The van der Waals surface area contributed by atoms with E-state index in [-0.39, 0.29) is 0 Å². The monoisotopic (exact) mass is 211 g/mol. The highest BCUT2D eigenvalue weighted by atomic mass is 15.1. The molecule has 4 nitrogen and oxygen atoms in total. The maximum atomic E-state index is 4.24. The second kappa shape index (κ2) is 3.20. The second-order valence-corrected chi connectivity index (χ2v) is 3.89. The molecule has 16 heavy (non-hydrogen) atoms. The van der Waals surface area contributed by atoms with Gasteiger partial charge in [0.05, 0.1) is 5.69 Å². The van der Waals surface area contributed by atoms with Crippen molar-refractivity contribution < 1.29 is 0 Å². The Kier molecular flexibility index (Phi) is 1.83. The molecule has 0 unspecified atom stereocenters. The van der Waals surface area contributed by atoms with Gasteiger partial charge in [-0.15, -0.1) is 0 Å². The molecule has 3 aromatic rings. The molecule has 0 aromatic carbocycles. The third-order valence-electron chi connectivity index (χ3n) is 2.70. The molecular formula is C12H11N4. The van der Waals surface area contributed by atoms with E-state index in [4.69, 9.17) is 0 Å². The summed E-state index contributed by atoms with van der Waals surface area (Å²) in [5.74, 6) is 0. The van der Waals surface area contributed by atoms with Crippen molar-refractivity contribution in [2.75, 3.05) is 0 Å². The van der Waals surface area contributed by atoms with Gasteiger partial charge in [-0.3, -0.25) is 5.10 Å². The third kappa shape index (κ3) is 1.23.